The first-order valence-corrected chi connectivity index (χ1v) is 6.16. The van der Waals surface area contributed by atoms with Gasteiger partial charge in [-0.25, -0.2) is 0 Å². The highest BCUT2D eigenvalue weighted by Crippen LogP contribution is 2.21. The number of aryl methyl sites for hydroxylation is 2. The summed E-state index contributed by atoms with van der Waals surface area (Å²) in [7, 11) is 0. The van der Waals surface area contributed by atoms with Crippen LogP contribution in [0.15, 0.2) is 30.2 Å². The number of hydrogen-bond donors (Lipinski definition) is 3. The molecule has 0 bridgehead atoms. The summed E-state index contributed by atoms with van der Waals surface area (Å²) in [6.45, 7) is 4.17. The summed E-state index contributed by atoms with van der Waals surface area (Å²) in [4.78, 5) is 0. The van der Waals surface area contributed by atoms with Crippen LogP contribution in [-0.2, 0) is 0 Å². The van der Waals surface area contributed by atoms with Crippen molar-refractivity contribution < 1.29 is 0 Å². The third-order valence-corrected chi connectivity index (χ3v) is 3.32. The minimum absolute atomic E-state index is 0.729. The first-order chi connectivity index (χ1) is 7.66. The van der Waals surface area contributed by atoms with Gasteiger partial charge in [-0.05, 0) is 25.0 Å². The molecular formula is C11H13N3S2. The molecule has 3 N–H and O–H groups in total. The van der Waals surface area contributed by atoms with Gasteiger partial charge < -0.3 is 15.4 Å². The van der Waals surface area contributed by atoms with Gasteiger partial charge in [0.25, 0.3) is 0 Å². The molecule has 0 radical (unpaired) electrons. The Bertz CT molecular complexity index is 434. The molecule has 0 amide bonds. The predicted octanol–water partition coefficient (Wildman–Crippen LogP) is 2.64. The van der Waals surface area contributed by atoms with Crippen molar-refractivity contribution in [3.8, 4) is 0 Å². The summed E-state index contributed by atoms with van der Waals surface area (Å²) in [5.74, 6) is 0.913. The van der Waals surface area contributed by atoms with E-state index in [4.69, 9.17) is 12.2 Å². The summed E-state index contributed by atoms with van der Waals surface area (Å²) in [5.41, 5.74) is 3.58. The van der Waals surface area contributed by atoms with Crippen LogP contribution in [0.3, 0.4) is 0 Å². The Morgan fingerprint density at radius 2 is 1.94 bits per heavy atom. The second-order valence-electron chi connectivity index (χ2n) is 3.59. The standard InChI is InChI=1S/C11H13N3S2/c1-7-4-3-5-8(2)10(7)13-9-6-12-11(15)16-14-9/h3-6,13-14H,1-2H3,(H,12,15). The van der Waals surface area contributed by atoms with Crippen LogP contribution in [0.2, 0.25) is 0 Å². The number of benzene rings is 1. The fraction of sp³-hybridized carbons (Fsp3) is 0.182. The highest BCUT2D eigenvalue weighted by molar-refractivity contribution is 8.21. The third-order valence-electron chi connectivity index (χ3n) is 2.33. The molecule has 16 heavy (non-hydrogen) atoms. The Kier molecular flexibility index (Phi) is 3.36. The number of nitrogens with one attached hydrogen (secondary N) is 3. The van der Waals surface area contributed by atoms with Crippen molar-refractivity contribution in [3.63, 3.8) is 0 Å². The first kappa shape index (κ1) is 11.3. The zero-order valence-electron chi connectivity index (χ0n) is 9.13. The van der Waals surface area contributed by atoms with E-state index in [0.717, 1.165) is 15.8 Å². The normalized spacial score (nSPS) is 14.9. The fourth-order valence-corrected chi connectivity index (χ4v) is 2.11. The fourth-order valence-electron chi connectivity index (χ4n) is 1.50. The van der Waals surface area contributed by atoms with E-state index in [1.54, 1.807) is 0 Å². The molecule has 0 unspecified atom stereocenters. The minimum atomic E-state index is 0.729. The van der Waals surface area contributed by atoms with Crippen LogP contribution in [-0.4, -0.2) is 4.32 Å². The number of rotatable bonds is 2. The zero-order valence-corrected chi connectivity index (χ0v) is 10.8. The number of thiocarbonyl (C=S) groups is 1. The highest BCUT2D eigenvalue weighted by Gasteiger charge is 2.09. The molecule has 0 atom stereocenters. The summed E-state index contributed by atoms with van der Waals surface area (Å²) in [6, 6.07) is 6.23. The Morgan fingerprint density at radius 3 is 2.50 bits per heavy atom. The Balaban J connectivity index is 2.18. The monoisotopic (exact) mass is 251 g/mol. The van der Waals surface area contributed by atoms with Crippen LogP contribution in [0, 0.1) is 13.8 Å². The first-order valence-electron chi connectivity index (χ1n) is 4.93. The maximum atomic E-state index is 4.99. The SMILES string of the molecule is Cc1cccc(C)c1NC1=CNC(=S)SN1. The quantitative estimate of drug-likeness (QED) is 0.556. The molecule has 3 nitrogen and oxygen atoms in total. The Morgan fingerprint density at radius 1 is 1.25 bits per heavy atom. The summed E-state index contributed by atoms with van der Waals surface area (Å²) < 4.78 is 3.86. The van der Waals surface area contributed by atoms with Gasteiger partial charge in [-0.15, -0.1) is 0 Å². The van der Waals surface area contributed by atoms with E-state index in [0.29, 0.717) is 0 Å². The molecule has 0 aromatic heterocycles. The highest BCUT2D eigenvalue weighted by atomic mass is 32.2. The average Bonchev–Trinajstić information content (AvgIpc) is 2.26. The van der Waals surface area contributed by atoms with Crippen molar-refractivity contribution in [3.05, 3.63) is 41.3 Å². The number of para-hydroxylation sites is 1. The van der Waals surface area contributed by atoms with Gasteiger partial charge in [-0.1, -0.05) is 30.4 Å². The number of anilines is 1. The van der Waals surface area contributed by atoms with Crippen molar-refractivity contribution >= 4 is 34.2 Å². The van der Waals surface area contributed by atoms with Crippen molar-refractivity contribution in [1.82, 2.24) is 10.0 Å². The van der Waals surface area contributed by atoms with Crippen LogP contribution in [0.25, 0.3) is 0 Å². The van der Waals surface area contributed by atoms with Crippen molar-refractivity contribution in [2.45, 2.75) is 13.8 Å². The molecule has 84 valence electrons. The molecule has 1 aromatic rings. The van der Waals surface area contributed by atoms with E-state index in [2.05, 4.69) is 47.4 Å². The van der Waals surface area contributed by atoms with E-state index in [1.807, 2.05) is 6.20 Å². The van der Waals surface area contributed by atoms with Gasteiger partial charge >= 0.3 is 0 Å². The van der Waals surface area contributed by atoms with Crippen LogP contribution in [0.5, 0.6) is 0 Å². The van der Waals surface area contributed by atoms with Crippen LogP contribution in [0.4, 0.5) is 5.69 Å². The van der Waals surface area contributed by atoms with Gasteiger partial charge in [0, 0.05) is 23.8 Å². The van der Waals surface area contributed by atoms with Gasteiger partial charge in [0.2, 0.25) is 0 Å². The largest absolute Gasteiger partial charge is 0.343 e. The third kappa shape index (κ3) is 2.48. The minimum Gasteiger partial charge on any atom is -0.343 e. The maximum Gasteiger partial charge on any atom is 0.158 e. The van der Waals surface area contributed by atoms with Crippen molar-refractivity contribution in [2.24, 2.45) is 0 Å². The molecule has 1 heterocycles. The molecule has 2 rings (SSSR count). The average molecular weight is 251 g/mol. The van der Waals surface area contributed by atoms with E-state index in [1.165, 1.54) is 23.1 Å². The molecule has 0 saturated heterocycles. The zero-order chi connectivity index (χ0) is 11.5. The van der Waals surface area contributed by atoms with Gasteiger partial charge in [0.1, 0.15) is 5.82 Å². The lowest BCUT2D eigenvalue weighted by Gasteiger charge is -2.20. The van der Waals surface area contributed by atoms with Crippen molar-refractivity contribution in [1.29, 1.82) is 0 Å². The van der Waals surface area contributed by atoms with E-state index >= 15 is 0 Å². The molecule has 1 aliphatic heterocycles. The smallest absolute Gasteiger partial charge is 0.158 e. The molecule has 0 fully saturated rings. The van der Waals surface area contributed by atoms with Crippen LogP contribution in [0.1, 0.15) is 11.1 Å². The lowest BCUT2D eigenvalue weighted by Crippen LogP contribution is -2.28. The van der Waals surface area contributed by atoms with Crippen LogP contribution >= 0.6 is 24.2 Å². The summed E-state index contributed by atoms with van der Waals surface area (Å²) in [5, 5.41) is 6.34. The van der Waals surface area contributed by atoms with Gasteiger partial charge in [0.15, 0.2) is 4.32 Å². The van der Waals surface area contributed by atoms with E-state index in [9.17, 15) is 0 Å². The molecule has 0 spiro atoms. The summed E-state index contributed by atoms with van der Waals surface area (Å²) >= 11 is 6.39. The molecular weight excluding hydrogens is 238 g/mol. The number of hydrogen-bond acceptors (Lipinski definition) is 4. The lowest BCUT2D eigenvalue weighted by atomic mass is 10.1. The molecule has 5 heteroatoms. The molecule has 1 aliphatic rings. The molecule has 0 aliphatic carbocycles. The second-order valence-corrected chi connectivity index (χ2v) is 5.07. The van der Waals surface area contributed by atoms with E-state index in [-0.39, 0.29) is 0 Å². The maximum absolute atomic E-state index is 4.99. The second kappa shape index (κ2) is 4.76. The topological polar surface area (TPSA) is 36.1 Å². The molecule has 0 saturated carbocycles. The Labute approximate surface area is 105 Å². The van der Waals surface area contributed by atoms with Gasteiger partial charge in [-0.3, -0.25) is 0 Å². The van der Waals surface area contributed by atoms with Crippen LogP contribution < -0.4 is 15.4 Å². The summed E-state index contributed by atoms with van der Waals surface area (Å²) in [6.07, 6.45) is 1.84. The lowest BCUT2D eigenvalue weighted by molar-refractivity contribution is 1.12. The van der Waals surface area contributed by atoms with Gasteiger partial charge in [-0.2, -0.15) is 0 Å². The predicted molar refractivity (Wildman–Crippen MR) is 74.1 cm³/mol. The van der Waals surface area contributed by atoms with Gasteiger partial charge in [0.05, 0.1) is 0 Å². The Hall–Kier alpha value is -1.20. The molecule has 1 aromatic carbocycles. The van der Waals surface area contributed by atoms with E-state index < -0.39 is 0 Å². The van der Waals surface area contributed by atoms with Crippen molar-refractivity contribution in [2.75, 3.05) is 5.32 Å².